The van der Waals surface area contributed by atoms with Gasteiger partial charge in [-0.05, 0) is 74.5 Å². The van der Waals surface area contributed by atoms with Crippen LogP contribution in [0.4, 0.5) is 5.69 Å². The first kappa shape index (κ1) is 23.2. The summed E-state index contributed by atoms with van der Waals surface area (Å²) in [6.45, 7) is 3.31. The highest BCUT2D eigenvalue weighted by Gasteiger charge is 2.22. The fourth-order valence-electron chi connectivity index (χ4n) is 3.24. The zero-order valence-electron chi connectivity index (χ0n) is 18.9. The van der Waals surface area contributed by atoms with E-state index >= 15 is 0 Å². The summed E-state index contributed by atoms with van der Waals surface area (Å²) >= 11 is 1.30. The van der Waals surface area contributed by atoms with E-state index in [4.69, 9.17) is 4.74 Å². The molecule has 0 fully saturated rings. The van der Waals surface area contributed by atoms with Gasteiger partial charge in [0, 0.05) is 34.9 Å². The van der Waals surface area contributed by atoms with Crippen LogP contribution in [0, 0.1) is 0 Å². The highest BCUT2D eigenvalue weighted by atomic mass is 32.2. The number of amides is 1. The minimum absolute atomic E-state index is 0.0240. The minimum atomic E-state index is -0.463. The van der Waals surface area contributed by atoms with Gasteiger partial charge in [-0.3, -0.25) is 19.1 Å². The van der Waals surface area contributed by atoms with Gasteiger partial charge in [0.2, 0.25) is 5.91 Å². The number of ether oxygens (including phenoxy) is 1. The second kappa shape index (κ2) is 10.3. The maximum absolute atomic E-state index is 12.9. The van der Waals surface area contributed by atoms with Crippen molar-refractivity contribution in [2.45, 2.75) is 24.3 Å². The Kier molecular flexibility index (Phi) is 7.03. The quantitative estimate of drug-likeness (QED) is 0.293. The summed E-state index contributed by atoms with van der Waals surface area (Å²) in [6, 6.07) is 18.1. The van der Waals surface area contributed by atoms with Gasteiger partial charge < -0.3 is 10.1 Å². The molecule has 2 heterocycles. The molecule has 4 aromatic rings. The van der Waals surface area contributed by atoms with Crippen LogP contribution >= 0.6 is 11.8 Å². The number of rotatable bonds is 8. The molecule has 2 aromatic heterocycles. The van der Waals surface area contributed by atoms with Crippen molar-refractivity contribution >= 4 is 29.1 Å². The average molecular weight is 474 g/mol. The molecular formula is C25H23N5O3S. The molecule has 1 N–H and O–H groups in total. The highest BCUT2D eigenvalue weighted by molar-refractivity contribution is 8.00. The van der Waals surface area contributed by atoms with E-state index in [0.717, 1.165) is 17.0 Å². The van der Waals surface area contributed by atoms with E-state index in [1.807, 2.05) is 41.0 Å². The Balaban J connectivity index is 1.59. The molecule has 0 bridgehead atoms. The number of nitrogens with one attached hydrogen (secondary N) is 1. The fraction of sp³-hybridized carbons (Fsp3) is 0.160. The molecule has 0 aliphatic heterocycles. The number of carbonyl (C=O) groups is 2. The maximum atomic E-state index is 12.9. The molecule has 0 aliphatic rings. The van der Waals surface area contributed by atoms with E-state index in [1.54, 1.807) is 50.7 Å². The van der Waals surface area contributed by atoms with Gasteiger partial charge in [-0.1, -0.05) is 11.8 Å². The Morgan fingerprint density at radius 3 is 2.38 bits per heavy atom. The summed E-state index contributed by atoms with van der Waals surface area (Å²) in [5, 5.41) is 11.7. The number of Topliss-reactive ketones (excluding diaryl/α,β-unsaturated/α-hetero) is 1. The second-order valence-corrected chi connectivity index (χ2v) is 8.77. The van der Waals surface area contributed by atoms with Gasteiger partial charge in [-0.25, -0.2) is 0 Å². The molecule has 1 amide bonds. The van der Waals surface area contributed by atoms with Crippen molar-refractivity contribution in [3.63, 3.8) is 0 Å². The van der Waals surface area contributed by atoms with E-state index < -0.39 is 5.25 Å². The molecule has 2 aromatic carbocycles. The van der Waals surface area contributed by atoms with Crippen molar-refractivity contribution in [2.24, 2.45) is 0 Å². The number of ketones is 1. The molecular weight excluding hydrogens is 450 g/mol. The molecule has 0 aliphatic carbocycles. The van der Waals surface area contributed by atoms with Crippen LogP contribution in [0.5, 0.6) is 5.75 Å². The molecule has 0 radical (unpaired) electrons. The third-order valence-electron chi connectivity index (χ3n) is 5.09. The first-order valence-corrected chi connectivity index (χ1v) is 11.4. The lowest BCUT2D eigenvalue weighted by molar-refractivity contribution is -0.115. The van der Waals surface area contributed by atoms with Crippen molar-refractivity contribution in [2.75, 3.05) is 12.4 Å². The van der Waals surface area contributed by atoms with E-state index in [0.29, 0.717) is 22.2 Å². The fourth-order valence-corrected chi connectivity index (χ4v) is 4.10. The Labute approximate surface area is 201 Å². The van der Waals surface area contributed by atoms with Crippen LogP contribution in [0.3, 0.4) is 0 Å². The minimum Gasteiger partial charge on any atom is -0.497 e. The van der Waals surface area contributed by atoms with Crippen molar-refractivity contribution in [3.8, 4) is 22.8 Å². The van der Waals surface area contributed by atoms with Crippen LogP contribution in [-0.2, 0) is 4.79 Å². The Bertz CT molecular complexity index is 1290. The summed E-state index contributed by atoms with van der Waals surface area (Å²) in [6.07, 6.45) is 3.42. The summed E-state index contributed by atoms with van der Waals surface area (Å²) in [4.78, 5) is 28.5. The van der Waals surface area contributed by atoms with Crippen molar-refractivity contribution < 1.29 is 14.3 Å². The van der Waals surface area contributed by atoms with Gasteiger partial charge in [0.1, 0.15) is 5.75 Å². The zero-order valence-corrected chi connectivity index (χ0v) is 19.7. The van der Waals surface area contributed by atoms with Gasteiger partial charge in [0.25, 0.3) is 0 Å². The number of aromatic nitrogens is 4. The monoisotopic (exact) mass is 473 g/mol. The van der Waals surface area contributed by atoms with Crippen LogP contribution in [0.15, 0.2) is 78.2 Å². The topological polar surface area (TPSA) is 99.0 Å². The predicted molar refractivity (Wildman–Crippen MR) is 132 cm³/mol. The first-order valence-electron chi connectivity index (χ1n) is 10.5. The normalized spacial score (nSPS) is 11.6. The molecule has 0 unspecified atom stereocenters. The number of methoxy groups -OCH3 is 1. The number of thioether (sulfide) groups is 1. The number of hydrogen-bond donors (Lipinski definition) is 1. The van der Waals surface area contributed by atoms with Gasteiger partial charge in [-0.15, -0.1) is 10.2 Å². The maximum Gasteiger partial charge on any atom is 0.237 e. The molecule has 4 rings (SSSR count). The highest BCUT2D eigenvalue weighted by Crippen LogP contribution is 2.31. The number of benzene rings is 2. The van der Waals surface area contributed by atoms with Crippen molar-refractivity contribution in [1.82, 2.24) is 19.7 Å². The molecule has 9 heteroatoms. The van der Waals surface area contributed by atoms with Crippen LogP contribution in [0.2, 0.25) is 0 Å². The number of nitrogens with zero attached hydrogens (tertiary/aromatic N) is 4. The molecule has 0 saturated carbocycles. The zero-order chi connectivity index (χ0) is 24.1. The van der Waals surface area contributed by atoms with Gasteiger partial charge in [0.05, 0.1) is 12.4 Å². The SMILES string of the molecule is COc1ccc(-n2c(S[C@H](C)C(=O)Nc3ccc(C(C)=O)cc3)nnc2-c2cccnc2)cc1. The third-order valence-corrected chi connectivity index (χ3v) is 6.14. The van der Waals surface area contributed by atoms with E-state index in [2.05, 4.69) is 20.5 Å². The Hall–Kier alpha value is -3.98. The summed E-state index contributed by atoms with van der Waals surface area (Å²) in [5.74, 6) is 1.14. The van der Waals surface area contributed by atoms with Gasteiger partial charge >= 0.3 is 0 Å². The molecule has 1 atom stereocenters. The van der Waals surface area contributed by atoms with Gasteiger partial charge in [0.15, 0.2) is 16.8 Å². The second-order valence-electron chi connectivity index (χ2n) is 7.46. The average Bonchev–Trinajstić information content (AvgIpc) is 3.28. The van der Waals surface area contributed by atoms with Crippen molar-refractivity contribution in [1.29, 1.82) is 0 Å². The van der Waals surface area contributed by atoms with Crippen LogP contribution < -0.4 is 10.1 Å². The first-order chi connectivity index (χ1) is 16.5. The lowest BCUT2D eigenvalue weighted by atomic mass is 10.1. The predicted octanol–water partition coefficient (Wildman–Crippen LogP) is 4.66. The number of carbonyl (C=O) groups excluding carboxylic acids is 2. The van der Waals surface area contributed by atoms with Crippen LogP contribution in [0.1, 0.15) is 24.2 Å². The van der Waals surface area contributed by atoms with E-state index in [9.17, 15) is 9.59 Å². The Morgan fingerprint density at radius 2 is 1.76 bits per heavy atom. The van der Waals surface area contributed by atoms with E-state index in [-0.39, 0.29) is 11.7 Å². The lowest BCUT2D eigenvalue weighted by Crippen LogP contribution is -2.23. The third kappa shape index (κ3) is 5.15. The standard InChI is InChI=1S/C25H23N5O3S/c1-16(31)18-6-8-20(9-7-18)27-24(32)17(2)34-25-29-28-23(19-5-4-14-26-15-19)30(25)21-10-12-22(33-3)13-11-21/h4-15,17H,1-3H3,(H,27,32)/t17-/m1/s1. The smallest absolute Gasteiger partial charge is 0.237 e. The number of pyridine rings is 1. The number of hydrogen-bond acceptors (Lipinski definition) is 7. The lowest BCUT2D eigenvalue weighted by Gasteiger charge is -2.14. The summed E-state index contributed by atoms with van der Waals surface area (Å²) < 4.78 is 7.17. The van der Waals surface area contributed by atoms with Crippen molar-refractivity contribution in [3.05, 3.63) is 78.6 Å². The molecule has 172 valence electrons. The van der Waals surface area contributed by atoms with Gasteiger partial charge in [-0.2, -0.15) is 0 Å². The van der Waals surface area contributed by atoms with Crippen LogP contribution in [0.25, 0.3) is 17.1 Å². The Morgan fingerprint density at radius 1 is 1.03 bits per heavy atom. The molecule has 0 saturated heterocycles. The molecule has 8 nitrogen and oxygen atoms in total. The summed E-state index contributed by atoms with van der Waals surface area (Å²) in [7, 11) is 1.62. The van der Waals surface area contributed by atoms with Crippen LogP contribution in [-0.4, -0.2) is 43.8 Å². The number of anilines is 1. The van der Waals surface area contributed by atoms with E-state index in [1.165, 1.54) is 18.7 Å². The molecule has 34 heavy (non-hydrogen) atoms. The largest absolute Gasteiger partial charge is 0.497 e. The molecule has 0 spiro atoms. The summed E-state index contributed by atoms with van der Waals surface area (Å²) in [5.41, 5.74) is 2.85.